The summed E-state index contributed by atoms with van der Waals surface area (Å²) in [6, 6.07) is 2.22. The molecule has 20 heavy (non-hydrogen) atoms. The van der Waals surface area contributed by atoms with Gasteiger partial charge in [0.2, 0.25) is 0 Å². The molecule has 0 spiro atoms. The van der Waals surface area contributed by atoms with E-state index in [9.17, 15) is 0 Å². The smallest absolute Gasteiger partial charge is 0.137 e. The molecule has 0 aliphatic carbocycles. The Hall–Kier alpha value is -1.13. The van der Waals surface area contributed by atoms with Crippen molar-refractivity contribution in [3.8, 4) is 5.75 Å². The molecule has 1 aromatic rings. The molecule has 1 heterocycles. The Kier molecular flexibility index (Phi) is 8.23. The number of rotatable bonds is 10. The van der Waals surface area contributed by atoms with Gasteiger partial charge in [0, 0.05) is 12.8 Å². The van der Waals surface area contributed by atoms with Crippen LogP contribution in [0.1, 0.15) is 52.1 Å². The van der Waals surface area contributed by atoms with Crippen LogP contribution in [0.2, 0.25) is 0 Å². The van der Waals surface area contributed by atoms with Crippen molar-refractivity contribution in [1.82, 2.24) is 10.3 Å². The van der Waals surface area contributed by atoms with Crippen molar-refractivity contribution in [3.63, 3.8) is 0 Å². The average molecular weight is 280 g/mol. The van der Waals surface area contributed by atoms with Crippen LogP contribution in [0.4, 0.5) is 0 Å². The van der Waals surface area contributed by atoms with Crippen LogP contribution >= 0.6 is 0 Å². The van der Waals surface area contributed by atoms with Crippen LogP contribution in [0.5, 0.6) is 5.75 Å². The third kappa shape index (κ3) is 5.10. The van der Waals surface area contributed by atoms with Gasteiger partial charge in [-0.25, -0.2) is 0 Å². The Balaban J connectivity index is 2.89. The summed E-state index contributed by atoms with van der Waals surface area (Å²) in [6.07, 6.45) is 5.78. The van der Waals surface area contributed by atoms with E-state index in [2.05, 4.69) is 37.1 Å². The number of nitrogens with one attached hydrogen (secondary N) is 1. The van der Waals surface area contributed by atoms with E-state index in [1.54, 1.807) is 6.20 Å². The van der Waals surface area contributed by atoms with Crippen molar-refractivity contribution in [2.45, 2.75) is 52.7 Å². The molecule has 1 N–H and O–H groups in total. The van der Waals surface area contributed by atoms with Crippen LogP contribution < -0.4 is 10.1 Å². The van der Waals surface area contributed by atoms with E-state index in [0.29, 0.717) is 0 Å². The first-order valence-electron chi connectivity index (χ1n) is 7.69. The number of ether oxygens (including phenoxy) is 2. The monoisotopic (exact) mass is 280 g/mol. The summed E-state index contributed by atoms with van der Waals surface area (Å²) < 4.78 is 11.5. The third-order valence-electron chi connectivity index (χ3n) is 3.15. The minimum atomic E-state index is 0.155. The van der Waals surface area contributed by atoms with Gasteiger partial charge in [0.1, 0.15) is 5.75 Å². The van der Waals surface area contributed by atoms with Gasteiger partial charge in [0.15, 0.2) is 0 Å². The highest BCUT2D eigenvalue weighted by atomic mass is 16.5. The Labute approximate surface area is 122 Å². The first-order valence-corrected chi connectivity index (χ1v) is 7.69. The van der Waals surface area contributed by atoms with Gasteiger partial charge in [-0.3, -0.25) is 4.98 Å². The van der Waals surface area contributed by atoms with Crippen LogP contribution in [0.25, 0.3) is 0 Å². The quantitative estimate of drug-likeness (QED) is 0.714. The highest BCUT2D eigenvalue weighted by molar-refractivity contribution is 5.26. The average Bonchev–Trinajstić information content (AvgIpc) is 2.49. The molecule has 0 bridgehead atoms. The maximum Gasteiger partial charge on any atom is 0.137 e. The maximum atomic E-state index is 5.85. The van der Waals surface area contributed by atoms with Gasteiger partial charge in [-0.1, -0.05) is 20.8 Å². The standard InChI is InChI=1S/C16H28N2O2/c1-5-9-20-14-10-13(11-17-12-14)16(18-7-3)15(6-2)19-8-4/h10-12,15-16,18H,5-9H2,1-4H3. The van der Waals surface area contributed by atoms with E-state index in [0.717, 1.165) is 43.9 Å². The summed E-state index contributed by atoms with van der Waals surface area (Å²) in [5, 5.41) is 3.50. The summed E-state index contributed by atoms with van der Waals surface area (Å²) in [5.74, 6) is 0.832. The molecule has 0 fully saturated rings. The molecular weight excluding hydrogens is 252 g/mol. The van der Waals surface area contributed by atoms with Crippen molar-refractivity contribution >= 4 is 0 Å². The predicted octanol–water partition coefficient (Wildman–Crippen LogP) is 3.34. The fraction of sp³-hybridized carbons (Fsp3) is 0.688. The van der Waals surface area contributed by atoms with Gasteiger partial charge in [-0.15, -0.1) is 0 Å². The third-order valence-corrected chi connectivity index (χ3v) is 3.15. The zero-order valence-electron chi connectivity index (χ0n) is 13.2. The van der Waals surface area contributed by atoms with Crippen LogP contribution in [-0.2, 0) is 4.74 Å². The van der Waals surface area contributed by atoms with Gasteiger partial charge in [-0.05, 0) is 37.9 Å². The number of likely N-dealkylation sites (N-methyl/N-ethyl adjacent to an activating group) is 1. The second-order valence-electron chi connectivity index (χ2n) is 4.74. The Morgan fingerprint density at radius 2 is 2.00 bits per heavy atom. The van der Waals surface area contributed by atoms with Crippen LogP contribution in [0.3, 0.4) is 0 Å². The van der Waals surface area contributed by atoms with Crippen molar-refractivity contribution in [1.29, 1.82) is 0 Å². The van der Waals surface area contributed by atoms with Crippen molar-refractivity contribution in [2.24, 2.45) is 0 Å². The molecule has 0 aromatic carbocycles. The van der Waals surface area contributed by atoms with Gasteiger partial charge >= 0.3 is 0 Å². The molecule has 0 amide bonds. The highest BCUT2D eigenvalue weighted by Crippen LogP contribution is 2.24. The molecule has 0 saturated heterocycles. The van der Waals surface area contributed by atoms with E-state index in [-0.39, 0.29) is 12.1 Å². The molecule has 4 heteroatoms. The first kappa shape index (κ1) is 16.9. The lowest BCUT2D eigenvalue weighted by atomic mass is 10.0. The molecule has 0 radical (unpaired) electrons. The molecule has 0 aliphatic rings. The number of aromatic nitrogens is 1. The summed E-state index contributed by atoms with van der Waals surface area (Å²) in [4.78, 5) is 4.30. The minimum absolute atomic E-state index is 0.155. The van der Waals surface area contributed by atoms with E-state index >= 15 is 0 Å². The largest absolute Gasteiger partial charge is 0.492 e. The zero-order valence-corrected chi connectivity index (χ0v) is 13.2. The van der Waals surface area contributed by atoms with Crippen molar-refractivity contribution < 1.29 is 9.47 Å². The maximum absolute atomic E-state index is 5.85. The molecular formula is C16H28N2O2. The van der Waals surface area contributed by atoms with Gasteiger partial charge in [0.25, 0.3) is 0 Å². The van der Waals surface area contributed by atoms with Crippen molar-refractivity contribution in [3.05, 3.63) is 24.0 Å². The number of pyridine rings is 1. The molecule has 1 aromatic heterocycles. The predicted molar refractivity (Wildman–Crippen MR) is 82.1 cm³/mol. The molecule has 2 unspecified atom stereocenters. The lowest BCUT2D eigenvalue weighted by Crippen LogP contribution is -2.33. The van der Waals surface area contributed by atoms with Crippen LogP contribution in [0, 0.1) is 0 Å². The van der Waals surface area contributed by atoms with E-state index in [1.165, 1.54) is 0 Å². The lowest BCUT2D eigenvalue weighted by Gasteiger charge is -2.27. The van der Waals surface area contributed by atoms with E-state index in [4.69, 9.17) is 9.47 Å². The minimum Gasteiger partial charge on any atom is -0.492 e. The fourth-order valence-electron chi connectivity index (χ4n) is 2.25. The van der Waals surface area contributed by atoms with Gasteiger partial charge < -0.3 is 14.8 Å². The summed E-state index contributed by atoms with van der Waals surface area (Å²) in [5.41, 5.74) is 1.13. The topological polar surface area (TPSA) is 43.4 Å². The normalized spacial score (nSPS) is 14.0. The second kappa shape index (κ2) is 9.72. The molecule has 114 valence electrons. The van der Waals surface area contributed by atoms with Crippen LogP contribution in [0.15, 0.2) is 18.5 Å². The number of nitrogens with zero attached hydrogens (tertiary/aromatic N) is 1. The van der Waals surface area contributed by atoms with Crippen LogP contribution in [-0.4, -0.2) is 30.8 Å². The summed E-state index contributed by atoms with van der Waals surface area (Å²) in [7, 11) is 0. The second-order valence-corrected chi connectivity index (χ2v) is 4.74. The molecule has 2 atom stereocenters. The summed E-state index contributed by atoms with van der Waals surface area (Å²) >= 11 is 0. The first-order chi connectivity index (χ1) is 9.76. The van der Waals surface area contributed by atoms with E-state index < -0.39 is 0 Å². The SMILES string of the molecule is CCCOc1cncc(C(NCC)C(CC)OCC)c1. The van der Waals surface area contributed by atoms with Gasteiger partial charge in [-0.2, -0.15) is 0 Å². The molecule has 1 rings (SSSR count). The Bertz CT molecular complexity index is 371. The number of hydrogen-bond donors (Lipinski definition) is 1. The zero-order chi connectivity index (χ0) is 14.8. The lowest BCUT2D eigenvalue weighted by molar-refractivity contribution is 0.0317. The molecule has 4 nitrogen and oxygen atoms in total. The van der Waals surface area contributed by atoms with Crippen molar-refractivity contribution in [2.75, 3.05) is 19.8 Å². The Morgan fingerprint density at radius 1 is 1.20 bits per heavy atom. The van der Waals surface area contributed by atoms with E-state index in [1.807, 2.05) is 13.1 Å². The Morgan fingerprint density at radius 3 is 2.60 bits per heavy atom. The van der Waals surface area contributed by atoms with Gasteiger partial charge in [0.05, 0.1) is 24.9 Å². The summed E-state index contributed by atoms with van der Waals surface area (Å²) in [6.45, 7) is 10.7. The fourth-order valence-corrected chi connectivity index (χ4v) is 2.25. The molecule has 0 saturated carbocycles. The highest BCUT2D eigenvalue weighted by Gasteiger charge is 2.22. The molecule has 0 aliphatic heterocycles. The number of hydrogen-bond acceptors (Lipinski definition) is 4.